The van der Waals surface area contributed by atoms with Crippen molar-refractivity contribution >= 4 is 11.1 Å². The van der Waals surface area contributed by atoms with E-state index in [-0.39, 0.29) is 0 Å². The second kappa shape index (κ2) is 6.52. The number of benzene rings is 1. The third-order valence-electron chi connectivity index (χ3n) is 2.98. The maximum atomic E-state index is 5.71. The van der Waals surface area contributed by atoms with Gasteiger partial charge in [-0.05, 0) is 32.5 Å². The summed E-state index contributed by atoms with van der Waals surface area (Å²) in [6, 6.07) is 8.18. The Bertz CT molecular complexity index is 448. The number of likely N-dealkylation sites (N-methyl/N-ethyl adjacent to an activating group) is 1. The Balaban J connectivity index is 1.97. The highest BCUT2D eigenvalue weighted by Gasteiger charge is 2.12. The minimum absolute atomic E-state index is 0.338. The number of nitrogens with zero attached hydrogens (tertiary/aromatic N) is 1. The quantitative estimate of drug-likeness (QED) is 0.764. The Morgan fingerprint density at radius 2 is 2.22 bits per heavy atom. The van der Waals surface area contributed by atoms with Crippen molar-refractivity contribution in [2.75, 3.05) is 20.3 Å². The first-order valence-corrected chi connectivity index (χ1v) is 6.43. The van der Waals surface area contributed by atoms with Crippen LogP contribution in [0, 0.1) is 0 Å². The molecule has 4 heteroatoms. The summed E-state index contributed by atoms with van der Waals surface area (Å²) in [5.41, 5.74) is 1.78. The second-order valence-electron chi connectivity index (χ2n) is 4.25. The average molecular weight is 248 g/mol. The number of ether oxygens (including phenoxy) is 1. The normalized spacial score (nSPS) is 13.0. The zero-order valence-electron chi connectivity index (χ0n) is 11.0. The van der Waals surface area contributed by atoms with Crippen LogP contribution in [0.15, 0.2) is 28.7 Å². The molecule has 0 saturated carbocycles. The van der Waals surface area contributed by atoms with Crippen molar-refractivity contribution in [3.8, 4) is 0 Å². The third kappa shape index (κ3) is 3.31. The molecule has 1 atom stereocenters. The van der Waals surface area contributed by atoms with Crippen molar-refractivity contribution in [1.29, 1.82) is 0 Å². The van der Waals surface area contributed by atoms with E-state index in [4.69, 9.17) is 9.15 Å². The zero-order chi connectivity index (χ0) is 12.8. The Morgan fingerprint density at radius 3 is 2.94 bits per heavy atom. The van der Waals surface area contributed by atoms with E-state index in [1.54, 1.807) is 0 Å². The molecule has 1 aromatic heterocycles. The van der Waals surface area contributed by atoms with Gasteiger partial charge in [-0.2, -0.15) is 0 Å². The molecule has 0 spiro atoms. The van der Waals surface area contributed by atoms with E-state index >= 15 is 0 Å². The molecule has 0 saturated heterocycles. The van der Waals surface area contributed by atoms with Gasteiger partial charge in [0.2, 0.25) is 0 Å². The van der Waals surface area contributed by atoms with Crippen LogP contribution in [0.1, 0.15) is 19.2 Å². The second-order valence-corrected chi connectivity index (χ2v) is 4.25. The summed E-state index contributed by atoms with van der Waals surface area (Å²) in [7, 11) is 1.96. The molecule has 2 aromatic rings. The summed E-state index contributed by atoms with van der Waals surface area (Å²) in [5, 5.41) is 3.27. The fraction of sp³-hybridized carbons (Fsp3) is 0.500. The zero-order valence-corrected chi connectivity index (χ0v) is 11.0. The monoisotopic (exact) mass is 248 g/mol. The minimum atomic E-state index is 0.338. The maximum Gasteiger partial charge on any atom is 0.197 e. The van der Waals surface area contributed by atoms with Crippen molar-refractivity contribution < 1.29 is 9.15 Å². The van der Waals surface area contributed by atoms with Gasteiger partial charge in [0.25, 0.3) is 0 Å². The van der Waals surface area contributed by atoms with Crippen LogP contribution in [0.4, 0.5) is 0 Å². The molecule has 2 rings (SSSR count). The molecule has 0 amide bonds. The highest BCUT2D eigenvalue weighted by Crippen LogP contribution is 2.16. The standard InChI is InChI=1S/C14H20N2O2/c1-3-17-9-8-11(15-2)10-14-16-12-6-4-5-7-13(12)18-14/h4-7,11,15H,3,8-10H2,1-2H3. The Morgan fingerprint density at radius 1 is 1.39 bits per heavy atom. The van der Waals surface area contributed by atoms with Crippen LogP contribution >= 0.6 is 0 Å². The molecule has 18 heavy (non-hydrogen) atoms. The molecule has 1 heterocycles. The third-order valence-corrected chi connectivity index (χ3v) is 2.98. The number of fused-ring (bicyclic) bond motifs is 1. The van der Waals surface area contributed by atoms with Crippen molar-refractivity contribution in [2.24, 2.45) is 0 Å². The highest BCUT2D eigenvalue weighted by atomic mass is 16.5. The molecule has 98 valence electrons. The largest absolute Gasteiger partial charge is 0.441 e. The van der Waals surface area contributed by atoms with Crippen molar-refractivity contribution in [1.82, 2.24) is 10.3 Å². The first-order valence-electron chi connectivity index (χ1n) is 6.43. The van der Waals surface area contributed by atoms with Gasteiger partial charge < -0.3 is 14.5 Å². The Labute approximate surface area is 107 Å². The summed E-state index contributed by atoms with van der Waals surface area (Å²) in [6.07, 6.45) is 1.75. The molecule has 1 N–H and O–H groups in total. The number of hydrogen-bond donors (Lipinski definition) is 1. The van der Waals surface area contributed by atoms with E-state index in [1.807, 2.05) is 38.2 Å². The number of para-hydroxylation sites is 2. The Kier molecular flexibility index (Phi) is 4.73. The lowest BCUT2D eigenvalue weighted by molar-refractivity contribution is 0.136. The molecule has 1 unspecified atom stereocenters. The summed E-state index contributed by atoms with van der Waals surface area (Å²) >= 11 is 0. The van der Waals surface area contributed by atoms with Gasteiger partial charge in [0, 0.05) is 25.7 Å². The predicted molar refractivity (Wildman–Crippen MR) is 71.7 cm³/mol. The van der Waals surface area contributed by atoms with E-state index in [0.29, 0.717) is 6.04 Å². The summed E-state index contributed by atoms with van der Waals surface area (Å²) in [5.74, 6) is 0.784. The molecule has 0 fully saturated rings. The van der Waals surface area contributed by atoms with Gasteiger partial charge in [0.1, 0.15) is 5.52 Å². The molecular weight excluding hydrogens is 228 g/mol. The minimum Gasteiger partial charge on any atom is -0.441 e. The van der Waals surface area contributed by atoms with Crippen LogP contribution in [0.2, 0.25) is 0 Å². The van der Waals surface area contributed by atoms with Gasteiger partial charge in [-0.3, -0.25) is 0 Å². The molecule has 0 radical (unpaired) electrons. The predicted octanol–water partition coefficient (Wildman–Crippen LogP) is 2.38. The lowest BCUT2D eigenvalue weighted by Crippen LogP contribution is -2.29. The van der Waals surface area contributed by atoms with Crippen molar-refractivity contribution in [2.45, 2.75) is 25.8 Å². The molecule has 4 nitrogen and oxygen atoms in total. The lowest BCUT2D eigenvalue weighted by atomic mass is 10.1. The van der Waals surface area contributed by atoms with Crippen LogP contribution in [0.25, 0.3) is 11.1 Å². The number of aromatic nitrogens is 1. The van der Waals surface area contributed by atoms with Gasteiger partial charge >= 0.3 is 0 Å². The first kappa shape index (κ1) is 13.1. The molecular formula is C14H20N2O2. The maximum absolute atomic E-state index is 5.71. The van der Waals surface area contributed by atoms with Gasteiger partial charge in [-0.15, -0.1) is 0 Å². The van der Waals surface area contributed by atoms with E-state index < -0.39 is 0 Å². The molecule has 0 bridgehead atoms. The van der Waals surface area contributed by atoms with Crippen LogP contribution < -0.4 is 5.32 Å². The number of oxazole rings is 1. The van der Waals surface area contributed by atoms with Crippen LogP contribution in [-0.4, -0.2) is 31.3 Å². The van der Waals surface area contributed by atoms with Gasteiger partial charge in [0.15, 0.2) is 11.5 Å². The highest BCUT2D eigenvalue weighted by molar-refractivity contribution is 5.72. The SMILES string of the molecule is CCOCCC(Cc1nc2ccccc2o1)NC. The van der Waals surface area contributed by atoms with Gasteiger partial charge in [-0.25, -0.2) is 4.98 Å². The van der Waals surface area contributed by atoms with Gasteiger partial charge in [-0.1, -0.05) is 12.1 Å². The van der Waals surface area contributed by atoms with E-state index in [2.05, 4.69) is 10.3 Å². The van der Waals surface area contributed by atoms with E-state index in [1.165, 1.54) is 0 Å². The topological polar surface area (TPSA) is 47.3 Å². The smallest absolute Gasteiger partial charge is 0.197 e. The molecule has 0 aliphatic rings. The van der Waals surface area contributed by atoms with Crippen LogP contribution in [0.3, 0.4) is 0 Å². The fourth-order valence-corrected chi connectivity index (χ4v) is 1.94. The van der Waals surface area contributed by atoms with Crippen LogP contribution in [0.5, 0.6) is 0 Å². The van der Waals surface area contributed by atoms with E-state index in [0.717, 1.165) is 43.0 Å². The molecule has 0 aliphatic carbocycles. The molecule has 1 aromatic carbocycles. The fourth-order valence-electron chi connectivity index (χ4n) is 1.94. The average Bonchev–Trinajstić information content (AvgIpc) is 2.80. The number of hydrogen-bond acceptors (Lipinski definition) is 4. The summed E-state index contributed by atoms with van der Waals surface area (Å²) < 4.78 is 11.1. The summed E-state index contributed by atoms with van der Waals surface area (Å²) in [6.45, 7) is 3.54. The lowest BCUT2D eigenvalue weighted by Gasteiger charge is -2.13. The van der Waals surface area contributed by atoms with E-state index in [9.17, 15) is 0 Å². The van der Waals surface area contributed by atoms with Crippen molar-refractivity contribution in [3.63, 3.8) is 0 Å². The molecule has 0 aliphatic heterocycles. The number of nitrogens with one attached hydrogen (secondary N) is 1. The Hall–Kier alpha value is -1.39. The number of rotatable bonds is 7. The first-order chi connectivity index (χ1) is 8.83. The van der Waals surface area contributed by atoms with Crippen LogP contribution in [-0.2, 0) is 11.2 Å². The summed E-state index contributed by atoms with van der Waals surface area (Å²) in [4.78, 5) is 4.48. The van der Waals surface area contributed by atoms with Crippen molar-refractivity contribution in [3.05, 3.63) is 30.2 Å². The van der Waals surface area contributed by atoms with Gasteiger partial charge in [0.05, 0.1) is 0 Å².